The van der Waals surface area contributed by atoms with Gasteiger partial charge < -0.3 is 12.4 Å². The summed E-state index contributed by atoms with van der Waals surface area (Å²) in [6.45, 7) is 3.20. The van der Waals surface area contributed by atoms with Crippen LogP contribution in [0.4, 0.5) is 0 Å². The number of nitrogens with zero attached hydrogens (tertiary/aromatic N) is 1. The Kier molecular flexibility index (Phi) is 22.5. The lowest BCUT2D eigenvalue weighted by atomic mass is 10.0. The quantitative estimate of drug-likeness (QED) is 0.185. The number of hydrogen-bond donors (Lipinski definition) is 0. The second-order valence-corrected chi connectivity index (χ2v) is 8.38. The molecule has 0 amide bonds. The van der Waals surface area contributed by atoms with Gasteiger partial charge in [0.25, 0.3) is 0 Å². The van der Waals surface area contributed by atoms with Gasteiger partial charge in [-0.2, -0.15) is 4.65 Å². The van der Waals surface area contributed by atoms with Crippen molar-refractivity contribution in [2.45, 2.75) is 116 Å². The van der Waals surface area contributed by atoms with Crippen LogP contribution in [0.5, 0.6) is 0 Å². The Balaban J connectivity index is 0. The molecule has 154 valence electrons. The first-order chi connectivity index (χ1) is 11.6. The van der Waals surface area contributed by atoms with E-state index in [-0.39, 0.29) is 12.4 Å². The fourth-order valence-corrected chi connectivity index (χ4v) is 3.17. The Morgan fingerprint density at radius 2 is 0.760 bits per heavy atom. The van der Waals surface area contributed by atoms with E-state index in [4.69, 9.17) is 4.84 Å². The third-order valence-electron chi connectivity index (χ3n) is 4.73. The molecular formula is C22H48ClNO. The zero-order chi connectivity index (χ0) is 17.9. The van der Waals surface area contributed by atoms with E-state index in [0.29, 0.717) is 4.65 Å². The van der Waals surface area contributed by atoms with Gasteiger partial charge in [0.05, 0.1) is 21.1 Å². The summed E-state index contributed by atoms with van der Waals surface area (Å²) in [5.74, 6) is 0. The number of hydrogen-bond acceptors (Lipinski definition) is 1. The summed E-state index contributed by atoms with van der Waals surface area (Å²) in [6, 6.07) is 0. The largest absolute Gasteiger partial charge is 1.00 e. The summed E-state index contributed by atoms with van der Waals surface area (Å²) >= 11 is 0. The lowest BCUT2D eigenvalue weighted by molar-refractivity contribution is -1.06. The van der Waals surface area contributed by atoms with E-state index in [0.717, 1.165) is 6.61 Å². The Bertz CT molecular complexity index is 241. The molecule has 0 saturated heterocycles. The Labute approximate surface area is 166 Å². The lowest BCUT2D eigenvalue weighted by Crippen LogP contribution is -3.00. The number of hydroxylamine groups is 3. The van der Waals surface area contributed by atoms with Crippen molar-refractivity contribution in [3.63, 3.8) is 0 Å². The number of unbranched alkanes of at least 4 members (excludes halogenated alkanes) is 16. The van der Waals surface area contributed by atoms with Crippen molar-refractivity contribution in [3.05, 3.63) is 0 Å². The van der Waals surface area contributed by atoms with Gasteiger partial charge in [-0.15, -0.1) is 0 Å². The zero-order valence-electron chi connectivity index (χ0n) is 18.0. The van der Waals surface area contributed by atoms with Crippen LogP contribution < -0.4 is 12.4 Å². The predicted molar refractivity (Wildman–Crippen MR) is 108 cm³/mol. The minimum absolute atomic E-state index is 0. The van der Waals surface area contributed by atoms with E-state index in [2.05, 4.69) is 28.1 Å². The molecule has 0 aliphatic carbocycles. The van der Waals surface area contributed by atoms with Gasteiger partial charge in [0.2, 0.25) is 0 Å². The predicted octanol–water partition coefficient (Wildman–Crippen LogP) is 4.28. The summed E-state index contributed by atoms with van der Waals surface area (Å²) in [6.07, 6.45) is 24.3. The van der Waals surface area contributed by atoms with Gasteiger partial charge in [-0.3, -0.25) is 0 Å². The fraction of sp³-hybridized carbons (Fsp3) is 1.00. The summed E-state index contributed by atoms with van der Waals surface area (Å²) in [7, 11) is 6.23. The summed E-state index contributed by atoms with van der Waals surface area (Å²) < 4.78 is 0.624. The molecule has 0 spiro atoms. The highest BCUT2D eigenvalue weighted by atomic mass is 35.5. The molecule has 0 heterocycles. The normalized spacial score (nSPS) is 11.5. The van der Waals surface area contributed by atoms with E-state index in [1.165, 1.54) is 109 Å². The van der Waals surface area contributed by atoms with Gasteiger partial charge in [0.1, 0.15) is 6.61 Å². The molecule has 0 atom stereocenters. The Morgan fingerprint density at radius 1 is 0.480 bits per heavy atom. The molecule has 0 saturated carbocycles. The van der Waals surface area contributed by atoms with Crippen molar-refractivity contribution in [1.82, 2.24) is 0 Å². The maximum Gasteiger partial charge on any atom is 0.106 e. The number of rotatable bonds is 19. The number of quaternary nitrogens is 1. The average Bonchev–Trinajstić information content (AvgIpc) is 2.52. The summed E-state index contributed by atoms with van der Waals surface area (Å²) in [4.78, 5) is 5.69. The van der Waals surface area contributed by atoms with E-state index in [1.807, 2.05) is 0 Å². The molecule has 0 aromatic heterocycles. The van der Waals surface area contributed by atoms with E-state index in [9.17, 15) is 0 Å². The Hall–Kier alpha value is 0.210. The van der Waals surface area contributed by atoms with Gasteiger partial charge in [0, 0.05) is 0 Å². The molecule has 0 bridgehead atoms. The van der Waals surface area contributed by atoms with Crippen molar-refractivity contribution >= 4 is 0 Å². The van der Waals surface area contributed by atoms with Crippen LogP contribution in [0, 0.1) is 0 Å². The molecule has 0 radical (unpaired) electrons. The summed E-state index contributed by atoms with van der Waals surface area (Å²) in [5.41, 5.74) is 0. The molecule has 25 heavy (non-hydrogen) atoms. The second kappa shape index (κ2) is 20.5. The molecule has 0 N–H and O–H groups in total. The first-order valence-corrected chi connectivity index (χ1v) is 11.0. The molecule has 0 aliphatic rings. The topological polar surface area (TPSA) is 9.23 Å². The molecule has 0 aromatic rings. The van der Waals surface area contributed by atoms with Crippen molar-refractivity contribution in [1.29, 1.82) is 0 Å². The maximum atomic E-state index is 5.69. The first-order valence-electron chi connectivity index (χ1n) is 11.0. The molecule has 0 aromatic carbocycles. The number of halogens is 1. The van der Waals surface area contributed by atoms with Crippen LogP contribution >= 0.6 is 0 Å². The molecular weight excluding hydrogens is 330 g/mol. The molecule has 0 fully saturated rings. The van der Waals surface area contributed by atoms with Crippen LogP contribution in [-0.4, -0.2) is 32.4 Å². The van der Waals surface area contributed by atoms with Gasteiger partial charge >= 0.3 is 0 Å². The minimum atomic E-state index is 0. The van der Waals surface area contributed by atoms with Crippen molar-refractivity contribution < 1.29 is 21.9 Å². The molecule has 0 aliphatic heterocycles. The molecule has 0 unspecified atom stereocenters. The lowest BCUT2D eigenvalue weighted by Gasteiger charge is -2.20. The van der Waals surface area contributed by atoms with E-state index >= 15 is 0 Å². The third-order valence-corrected chi connectivity index (χ3v) is 4.73. The monoisotopic (exact) mass is 377 g/mol. The highest BCUT2D eigenvalue weighted by Gasteiger charge is 2.06. The first kappa shape index (κ1) is 27.4. The SMILES string of the molecule is CCCCCCCCCCCCCCCCCCCO[N+](C)(C)C.[Cl-]. The minimum Gasteiger partial charge on any atom is -1.00 e. The maximum absolute atomic E-state index is 5.69. The third kappa shape index (κ3) is 26.5. The van der Waals surface area contributed by atoms with Gasteiger partial charge in [-0.05, 0) is 6.42 Å². The highest BCUT2D eigenvalue weighted by Crippen LogP contribution is 2.14. The van der Waals surface area contributed by atoms with Crippen LogP contribution in [0.15, 0.2) is 0 Å². The van der Waals surface area contributed by atoms with Gasteiger partial charge in [0.15, 0.2) is 0 Å². The summed E-state index contributed by atoms with van der Waals surface area (Å²) in [5, 5.41) is 0. The van der Waals surface area contributed by atoms with Gasteiger partial charge in [-0.25, -0.2) is 4.84 Å². The van der Waals surface area contributed by atoms with Crippen molar-refractivity contribution in [3.8, 4) is 0 Å². The van der Waals surface area contributed by atoms with E-state index < -0.39 is 0 Å². The standard InChI is InChI=1S/C22H48NO.ClH/c1-5-6-7-8-9-10-11-12-13-14-15-16-17-18-19-20-21-22-24-23(2,3)4;/h5-22H2,1-4H3;1H/q+1;/p-1. The second-order valence-electron chi connectivity index (χ2n) is 8.38. The molecule has 0 rings (SSSR count). The molecule has 2 nitrogen and oxygen atoms in total. The van der Waals surface area contributed by atoms with Crippen LogP contribution in [0.3, 0.4) is 0 Å². The van der Waals surface area contributed by atoms with Crippen LogP contribution in [0.25, 0.3) is 0 Å². The van der Waals surface area contributed by atoms with Gasteiger partial charge in [-0.1, -0.05) is 110 Å². The smallest absolute Gasteiger partial charge is 0.106 e. The average molecular weight is 378 g/mol. The van der Waals surface area contributed by atoms with Crippen molar-refractivity contribution in [2.75, 3.05) is 27.7 Å². The van der Waals surface area contributed by atoms with Crippen LogP contribution in [-0.2, 0) is 4.84 Å². The fourth-order valence-electron chi connectivity index (χ4n) is 3.17. The highest BCUT2D eigenvalue weighted by molar-refractivity contribution is 4.50. The van der Waals surface area contributed by atoms with Crippen LogP contribution in [0.1, 0.15) is 116 Å². The van der Waals surface area contributed by atoms with Crippen LogP contribution in [0.2, 0.25) is 0 Å². The van der Waals surface area contributed by atoms with Crippen molar-refractivity contribution in [2.24, 2.45) is 0 Å². The Morgan fingerprint density at radius 3 is 1.04 bits per heavy atom. The molecule has 3 heteroatoms. The zero-order valence-corrected chi connectivity index (χ0v) is 18.7. The van der Waals surface area contributed by atoms with E-state index in [1.54, 1.807) is 0 Å².